The molecule has 0 spiro atoms. The molecule has 0 aromatic carbocycles. The molecular weight excluding hydrogens is 98.1 g/mol. The molecule has 1 rings (SSSR count). The highest BCUT2D eigenvalue weighted by atomic mass is 14.9. The van der Waals surface area contributed by atoms with Gasteiger partial charge in [-0.2, -0.15) is 0 Å². The van der Waals surface area contributed by atoms with Gasteiger partial charge < -0.3 is 0 Å². The summed E-state index contributed by atoms with van der Waals surface area (Å²) in [6.45, 7) is 6.72. The molecule has 0 amide bonds. The minimum Gasteiger partial charge on any atom is -0.286 e. The largest absolute Gasteiger partial charge is 0.286 e. The molecule has 1 nitrogen and oxygen atoms in total. The van der Waals surface area contributed by atoms with Crippen molar-refractivity contribution in [1.82, 2.24) is 0 Å². The fourth-order valence-electron chi connectivity index (χ4n) is 0.656. The SMILES string of the molecule is CCC(C)(C)C1C=N1. The monoisotopic (exact) mass is 111 g/mol. The zero-order valence-electron chi connectivity index (χ0n) is 5.81. The first kappa shape index (κ1) is 5.80. The minimum absolute atomic E-state index is 0.431. The second kappa shape index (κ2) is 1.57. The van der Waals surface area contributed by atoms with Gasteiger partial charge in [-0.05, 0) is 11.8 Å². The van der Waals surface area contributed by atoms with E-state index in [0.29, 0.717) is 11.5 Å². The summed E-state index contributed by atoms with van der Waals surface area (Å²) >= 11 is 0. The lowest BCUT2D eigenvalue weighted by Gasteiger charge is -2.19. The van der Waals surface area contributed by atoms with Gasteiger partial charge in [0.05, 0.1) is 6.04 Å². The van der Waals surface area contributed by atoms with Crippen molar-refractivity contribution in [2.45, 2.75) is 33.2 Å². The second-order valence-electron chi connectivity index (χ2n) is 3.09. The summed E-state index contributed by atoms with van der Waals surface area (Å²) < 4.78 is 0. The highest BCUT2D eigenvalue weighted by Crippen LogP contribution is 2.31. The Morgan fingerprint density at radius 3 is 2.25 bits per heavy atom. The Balaban J connectivity index is 2.39. The summed E-state index contributed by atoms with van der Waals surface area (Å²) in [6, 6.07) is 0.562. The highest BCUT2D eigenvalue weighted by molar-refractivity contribution is 5.78. The third kappa shape index (κ3) is 0.908. The average Bonchev–Trinajstić information content (AvgIpc) is 2.44. The van der Waals surface area contributed by atoms with E-state index in [4.69, 9.17) is 0 Å². The third-order valence-corrected chi connectivity index (χ3v) is 2.01. The number of aliphatic imine (C=N–C) groups is 1. The maximum atomic E-state index is 4.12. The molecule has 1 atom stereocenters. The smallest absolute Gasteiger partial charge is 0.0893 e. The van der Waals surface area contributed by atoms with Gasteiger partial charge in [0.15, 0.2) is 0 Å². The lowest BCUT2D eigenvalue weighted by Crippen LogP contribution is -2.18. The van der Waals surface area contributed by atoms with Crippen molar-refractivity contribution < 1.29 is 0 Å². The third-order valence-electron chi connectivity index (χ3n) is 2.01. The fraction of sp³-hybridized carbons (Fsp3) is 0.857. The Labute approximate surface area is 50.8 Å². The fourth-order valence-corrected chi connectivity index (χ4v) is 0.656. The van der Waals surface area contributed by atoms with Gasteiger partial charge in [-0.1, -0.05) is 20.8 Å². The van der Waals surface area contributed by atoms with E-state index in [-0.39, 0.29) is 0 Å². The lowest BCUT2D eigenvalue weighted by molar-refractivity contribution is 0.354. The van der Waals surface area contributed by atoms with E-state index in [2.05, 4.69) is 25.8 Å². The topological polar surface area (TPSA) is 12.4 Å². The van der Waals surface area contributed by atoms with E-state index in [1.165, 1.54) is 6.42 Å². The van der Waals surface area contributed by atoms with Crippen LogP contribution in [0.4, 0.5) is 0 Å². The van der Waals surface area contributed by atoms with Crippen molar-refractivity contribution in [3.05, 3.63) is 0 Å². The van der Waals surface area contributed by atoms with Gasteiger partial charge in [-0.3, -0.25) is 4.99 Å². The Hall–Kier alpha value is -0.330. The van der Waals surface area contributed by atoms with E-state index in [9.17, 15) is 0 Å². The molecule has 0 aliphatic carbocycles. The van der Waals surface area contributed by atoms with E-state index in [1.54, 1.807) is 0 Å². The molecule has 1 heterocycles. The zero-order chi connectivity index (χ0) is 6.20. The molecule has 0 fully saturated rings. The van der Waals surface area contributed by atoms with Crippen molar-refractivity contribution in [3.8, 4) is 0 Å². The Morgan fingerprint density at radius 2 is 2.12 bits per heavy atom. The van der Waals surface area contributed by atoms with Crippen molar-refractivity contribution in [1.29, 1.82) is 0 Å². The molecule has 0 aromatic rings. The summed E-state index contributed by atoms with van der Waals surface area (Å²) in [4.78, 5) is 4.12. The Morgan fingerprint density at radius 1 is 1.62 bits per heavy atom. The van der Waals surface area contributed by atoms with Crippen molar-refractivity contribution >= 4 is 6.21 Å². The van der Waals surface area contributed by atoms with Crippen molar-refractivity contribution in [3.63, 3.8) is 0 Å². The van der Waals surface area contributed by atoms with Crippen LogP contribution in [0.5, 0.6) is 0 Å². The molecule has 46 valence electrons. The quantitative estimate of drug-likeness (QED) is 0.516. The van der Waals surface area contributed by atoms with Gasteiger partial charge in [0.2, 0.25) is 0 Å². The number of hydrogen-bond donors (Lipinski definition) is 0. The van der Waals surface area contributed by atoms with Crippen LogP contribution in [0.2, 0.25) is 0 Å². The minimum atomic E-state index is 0.431. The van der Waals surface area contributed by atoms with Gasteiger partial charge in [0, 0.05) is 6.21 Å². The molecule has 0 bridgehead atoms. The first-order valence-electron chi connectivity index (χ1n) is 3.20. The molecule has 0 radical (unpaired) electrons. The summed E-state index contributed by atoms with van der Waals surface area (Å²) in [5.41, 5.74) is 0.431. The molecule has 0 saturated carbocycles. The summed E-state index contributed by atoms with van der Waals surface area (Å²) in [6.07, 6.45) is 3.25. The second-order valence-corrected chi connectivity index (χ2v) is 3.09. The maximum absolute atomic E-state index is 4.12. The van der Waals surface area contributed by atoms with Gasteiger partial charge in [-0.25, -0.2) is 0 Å². The molecule has 1 heteroatoms. The van der Waals surface area contributed by atoms with E-state index in [0.717, 1.165) is 0 Å². The molecule has 0 aromatic heterocycles. The van der Waals surface area contributed by atoms with Crippen LogP contribution in [-0.4, -0.2) is 12.3 Å². The standard InChI is InChI=1S/C7H13N/c1-4-7(2,3)6-5-8-6/h5-6H,4H2,1-3H3. The van der Waals surface area contributed by atoms with E-state index < -0.39 is 0 Å². The first-order chi connectivity index (χ1) is 3.67. The first-order valence-corrected chi connectivity index (χ1v) is 3.20. The molecule has 1 unspecified atom stereocenters. The van der Waals surface area contributed by atoms with Crippen LogP contribution in [0.1, 0.15) is 27.2 Å². The Kier molecular flexibility index (Phi) is 1.14. The average molecular weight is 111 g/mol. The van der Waals surface area contributed by atoms with Crippen LogP contribution in [-0.2, 0) is 0 Å². The Bertz CT molecular complexity index is 108. The van der Waals surface area contributed by atoms with Gasteiger partial charge in [-0.15, -0.1) is 0 Å². The molecule has 1 aliphatic heterocycles. The van der Waals surface area contributed by atoms with Crippen molar-refractivity contribution in [2.75, 3.05) is 0 Å². The predicted molar refractivity (Wildman–Crippen MR) is 36.4 cm³/mol. The van der Waals surface area contributed by atoms with Gasteiger partial charge in [0.1, 0.15) is 0 Å². The molecule has 0 saturated heterocycles. The molecular formula is C7H13N. The van der Waals surface area contributed by atoms with E-state index >= 15 is 0 Å². The normalized spacial score (nSPS) is 26.1. The van der Waals surface area contributed by atoms with Crippen molar-refractivity contribution in [2.24, 2.45) is 10.4 Å². The number of nitrogens with zero attached hydrogens (tertiary/aromatic N) is 1. The summed E-state index contributed by atoms with van der Waals surface area (Å²) in [5, 5.41) is 0. The maximum Gasteiger partial charge on any atom is 0.0893 e. The van der Waals surface area contributed by atoms with Crippen LogP contribution in [0, 0.1) is 5.41 Å². The molecule has 1 aliphatic rings. The zero-order valence-corrected chi connectivity index (χ0v) is 5.81. The predicted octanol–water partition coefficient (Wildman–Crippen LogP) is 1.88. The van der Waals surface area contributed by atoms with Crippen LogP contribution >= 0.6 is 0 Å². The van der Waals surface area contributed by atoms with Gasteiger partial charge in [0.25, 0.3) is 0 Å². The van der Waals surface area contributed by atoms with Crippen LogP contribution in [0.3, 0.4) is 0 Å². The van der Waals surface area contributed by atoms with Crippen LogP contribution in [0.25, 0.3) is 0 Å². The lowest BCUT2D eigenvalue weighted by atomic mass is 9.86. The van der Waals surface area contributed by atoms with E-state index in [1.807, 2.05) is 6.21 Å². The summed E-state index contributed by atoms with van der Waals surface area (Å²) in [7, 11) is 0. The van der Waals surface area contributed by atoms with Gasteiger partial charge >= 0.3 is 0 Å². The number of hydrogen-bond acceptors (Lipinski definition) is 1. The number of rotatable bonds is 2. The van der Waals surface area contributed by atoms with Crippen LogP contribution in [0.15, 0.2) is 4.99 Å². The highest BCUT2D eigenvalue weighted by Gasteiger charge is 2.31. The van der Waals surface area contributed by atoms with Crippen LogP contribution < -0.4 is 0 Å². The molecule has 0 N–H and O–H groups in total. The summed E-state index contributed by atoms with van der Waals surface area (Å²) in [5.74, 6) is 0. The molecule has 8 heavy (non-hydrogen) atoms.